The highest BCUT2D eigenvalue weighted by atomic mass is 16.5. The SMILES string of the molecule is CCOC(=O)c1c2c(n3cccc(OCCN4CCN(C(C)=O)CC4)c13)C(=O)c1ncccc1C2=O. The lowest BCUT2D eigenvalue weighted by Crippen LogP contribution is -2.48. The molecule has 0 bridgehead atoms. The van der Waals surface area contributed by atoms with Crippen LogP contribution in [-0.4, -0.2) is 88.6 Å². The van der Waals surface area contributed by atoms with Crippen molar-refractivity contribution < 1.29 is 28.7 Å². The number of carbonyl (C=O) groups is 4. The average molecular weight is 491 g/mol. The van der Waals surface area contributed by atoms with Crippen LogP contribution in [0.15, 0.2) is 36.7 Å². The second-order valence-electron chi connectivity index (χ2n) is 8.66. The third-order valence-corrected chi connectivity index (χ3v) is 6.59. The number of amides is 1. The Bertz CT molecular complexity index is 1390. The predicted molar refractivity (Wildman–Crippen MR) is 129 cm³/mol. The summed E-state index contributed by atoms with van der Waals surface area (Å²) in [6.07, 6.45) is 3.09. The van der Waals surface area contributed by atoms with Gasteiger partial charge in [0.1, 0.15) is 34.8 Å². The molecule has 3 aromatic heterocycles. The predicted octanol–water partition coefficient (Wildman–Crippen LogP) is 1.83. The van der Waals surface area contributed by atoms with E-state index in [1.165, 1.54) is 16.7 Å². The van der Waals surface area contributed by atoms with Crippen LogP contribution >= 0.6 is 0 Å². The first-order valence-electron chi connectivity index (χ1n) is 11.9. The summed E-state index contributed by atoms with van der Waals surface area (Å²) in [5.74, 6) is -1.14. The smallest absolute Gasteiger partial charge is 0.341 e. The third kappa shape index (κ3) is 3.93. The molecule has 2 aliphatic rings. The molecule has 1 amide bonds. The van der Waals surface area contributed by atoms with E-state index in [0.29, 0.717) is 37.5 Å². The number of pyridine rings is 2. The molecule has 0 aromatic carbocycles. The molecule has 1 aliphatic heterocycles. The summed E-state index contributed by atoms with van der Waals surface area (Å²) in [6, 6.07) is 6.53. The number of rotatable bonds is 6. The molecule has 0 unspecified atom stereocenters. The van der Waals surface area contributed by atoms with Gasteiger partial charge in [-0.3, -0.25) is 24.3 Å². The summed E-state index contributed by atoms with van der Waals surface area (Å²) >= 11 is 0. The van der Waals surface area contributed by atoms with Gasteiger partial charge < -0.3 is 18.8 Å². The minimum absolute atomic E-state index is 0.00959. The number of carbonyl (C=O) groups excluding carboxylic acids is 4. The number of piperazine rings is 1. The number of ether oxygens (including phenoxy) is 2. The van der Waals surface area contributed by atoms with Crippen LogP contribution in [0.2, 0.25) is 0 Å². The summed E-state index contributed by atoms with van der Waals surface area (Å²) in [4.78, 5) is 59.7. The van der Waals surface area contributed by atoms with Gasteiger partial charge in [0.25, 0.3) is 0 Å². The van der Waals surface area contributed by atoms with Crippen molar-refractivity contribution in [2.24, 2.45) is 0 Å². The van der Waals surface area contributed by atoms with Crippen LogP contribution in [0.4, 0.5) is 0 Å². The maximum absolute atomic E-state index is 13.5. The van der Waals surface area contributed by atoms with Gasteiger partial charge in [-0.2, -0.15) is 0 Å². The topological polar surface area (TPSA) is 111 Å². The van der Waals surface area contributed by atoms with E-state index in [1.54, 1.807) is 38.2 Å². The second-order valence-corrected chi connectivity index (χ2v) is 8.66. The van der Waals surface area contributed by atoms with Gasteiger partial charge in [-0.05, 0) is 31.2 Å². The second kappa shape index (κ2) is 9.54. The molecule has 10 heteroatoms. The Balaban J connectivity index is 1.50. The maximum atomic E-state index is 13.5. The summed E-state index contributed by atoms with van der Waals surface area (Å²) in [5, 5.41) is 0. The van der Waals surface area contributed by atoms with Crippen LogP contribution in [0, 0.1) is 0 Å². The zero-order chi connectivity index (χ0) is 25.4. The van der Waals surface area contributed by atoms with Gasteiger partial charge in [0.2, 0.25) is 11.7 Å². The van der Waals surface area contributed by atoms with Crippen LogP contribution in [0.1, 0.15) is 56.3 Å². The summed E-state index contributed by atoms with van der Waals surface area (Å²) in [6.45, 7) is 7.13. The van der Waals surface area contributed by atoms with Crippen molar-refractivity contribution in [3.8, 4) is 5.75 Å². The number of hydrogen-bond donors (Lipinski definition) is 0. The summed E-state index contributed by atoms with van der Waals surface area (Å²) in [5.41, 5.74) is 0.636. The average Bonchev–Trinajstić information content (AvgIpc) is 3.24. The molecule has 0 radical (unpaired) electrons. The fourth-order valence-electron chi connectivity index (χ4n) is 4.83. The van der Waals surface area contributed by atoms with E-state index in [1.807, 2.05) is 4.90 Å². The van der Waals surface area contributed by atoms with E-state index < -0.39 is 17.5 Å². The van der Waals surface area contributed by atoms with E-state index in [-0.39, 0.29) is 40.6 Å². The monoisotopic (exact) mass is 490 g/mol. The molecule has 5 rings (SSSR count). The van der Waals surface area contributed by atoms with E-state index in [9.17, 15) is 19.2 Å². The molecule has 1 fully saturated rings. The zero-order valence-electron chi connectivity index (χ0n) is 20.2. The number of fused-ring (bicyclic) bond motifs is 4. The van der Waals surface area contributed by atoms with Crippen molar-refractivity contribution in [3.63, 3.8) is 0 Å². The minimum Gasteiger partial charge on any atom is -0.490 e. The highest BCUT2D eigenvalue weighted by molar-refractivity contribution is 6.31. The molecule has 0 atom stereocenters. The molecule has 10 nitrogen and oxygen atoms in total. The fourth-order valence-corrected chi connectivity index (χ4v) is 4.83. The van der Waals surface area contributed by atoms with E-state index in [0.717, 1.165) is 13.1 Å². The first-order valence-corrected chi connectivity index (χ1v) is 11.9. The molecular formula is C26H26N4O6. The number of hydrogen-bond acceptors (Lipinski definition) is 8. The molecule has 0 spiro atoms. The number of aromatic nitrogens is 2. The van der Waals surface area contributed by atoms with Gasteiger partial charge in [-0.15, -0.1) is 0 Å². The molecule has 0 N–H and O–H groups in total. The van der Waals surface area contributed by atoms with Crippen molar-refractivity contribution in [2.75, 3.05) is 45.9 Å². The van der Waals surface area contributed by atoms with Crippen molar-refractivity contribution in [3.05, 3.63) is 64.7 Å². The lowest BCUT2D eigenvalue weighted by Gasteiger charge is -2.34. The lowest BCUT2D eigenvalue weighted by molar-refractivity contribution is -0.130. The Hall–Kier alpha value is -4.05. The highest BCUT2D eigenvalue weighted by Crippen LogP contribution is 2.37. The van der Waals surface area contributed by atoms with Crippen molar-refractivity contribution in [1.82, 2.24) is 19.2 Å². The van der Waals surface area contributed by atoms with Crippen LogP contribution in [-0.2, 0) is 9.53 Å². The molecule has 1 aliphatic carbocycles. The van der Waals surface area contributed by atoms with Gasteiger partial charge in [0.05, 0.1) is 17.7 Å². The van der Waals surface area contributed by atoms with E-state index in [4.69, 9.17) is 9.47 Å². The van der Waals surface area contributed by atoms with Gasteiger partial charge >= 0.3 is 5.97 Å². The number of nitrogens with zero attached hydrogens (tertiary/aromatic N) is 4. The Morgan fingerprint density at radius 3 is 2.56 bits per heavy atom. The van der Waals surface area contributed by atoms with Crippen molar-refractivity contribution >= 4 is 29.0 Å². The lowest BCUT2D eigenvalue weighted by atomic mass is 9.89. The van der Waals surface area contributed by atoms with E-state index in [2.05, 4.69) is 9.88 Å². The molecule has 186 valence electrons. The quantitative estimate of drug-likeness (QED) is 0.377. The minimum atomic E-state index is -0.693. The number of esters is 1. The largest absolute Gasteiger partial charge is 0.490 e. The zero-order valence-corrected chi connectivity index (χ0v) is 20.2. The van der Waals surface area contributed by atoms with Gasteiger partial charge in [0, 0.05) is 52.0 Å². The standard InChI is InChI=1S/C26H26N4O6/c1-3-35-26(34)20-19-23(25(33)21-17(24(19)32)6-4-8-27-21)30-9-5-7-18(22(20)30)36-15-14-28-10-12-29(13-11-28)16(2)31/h4-9H,3,10-15H2,1-2H3. The van der Waals surface area contributed by atoms with Crippen LogP contribution in [0.25, 0.3) is 5.52 Å². The first-order chi connectivity index (χ1) is 17.4. The molecule has 0 saturated carbocycles. The van der Waals surface area contributed by atoms with Crippen LogP contribution in [0.5, 0.6) is 5.75 Å². The van der Waals surface area contributed by atoms with Crippen molar-refractivity contribution in [1.29, 1.82) is 0 Å². The van der Waals surface area contributed by atoms with Crippen LogP contribution < -0.4 is 4.74 Å². The van der Waals surface area contributed by atoms with Gasteiger partial charge in [-0.1, -0.05) is 0 Å². The Morgan fingerprint density at radius 2 is 1.83 bits per heavy atom. The van der Waals surface area contributed by atoms with Crippen molar-refractivity contribution in [2.45, 2.75) is 13.8 Å². The Kier molecular flexibility index (Phi) is 6.27. The van der Waals surface area contributed by atoms with Crippen LogP contribution in [0.3, 0.4) is 0 Å². The molecule has 36 heavy (non-hydrogen) atoms. The van der Waals surface area contributed by atoms with Gasteiger partial charge in [0.15, 0.2) is 5.78 Å². The number of ketones is 2. The molecule has 4 heterocycles. The highest BCUT2D eigenvalue weighted by Gasteiger charge is 2.40. The molecular weight excluding hydrogens is 464 g/mol. The maximum Gasteiger partial charge on any atom is 0.341 e. The first kappa shape index (κ1) is 23.7. The Labute approximate surface area is 207 Å². The van der Waals surface area contributed by atoms with Gasteiger partial charge in [-0.25, -0.2) is 4.79 Å². The third-order valence-electron chi connectivity index (χ3n) is 6.59. The molecule has 3 aromatic rings. The Morgan fingerprint density at radius 1 is 1.06 bits per heavy atom. The normalized spacial score (nSPS) is 15.6. The van der Waals surface area contributed by atoms with E-state index >= 15 is 0 Å². The summed E-state index contributed by atoms with van der Waals surface area (Å²) < 4.78 is 12.9. The fraction of sp³-hybridized carbons (Fsp3) is 0.346. The summed E-state index contributed by atoms with van der Waals surface area (Å²) in [7, 11) is 0. The molecule has 1 saturated heterocycles.